The quantitative estimate of drug-likeness (QED) is 0.479. The highest BCUT2D eigenvalue weighted by Gasteiger charge is 2.05. The Kier molecular flexibility index (Phi) is 4.98. The second-order valence-electron chi connectivity index (χ2n) is 3.00. The molecule has 0 heterocycles. The van der Waals surface area contributed by atoms with E-state index in [-0.39, 0.29) is 6.10 Å². The first-order valence-corrected chi connectivity index (χ1v) is 6.25. The molecule has 0 unspecified atom stereocenters. The summed E-state index contributed by atoms with van der Waals surface area (Å²) in [4.78, 5) is 0. The molecule has 0 fully saturated rings. The Morgan fingerprint density at radius 3 is 2.18 bits per heavy atom. The predicted octanol–water partition coefficient (Wildman–Crippen LogP) is 1.97. The highest BCUT2D eigenvalue weighted by molar-refractivity contribution is 7.57. The summed E-state index contributed by atoms with van der Waals surface area (Å²) in [6.07, 6.45) is 0.215. The van der Waals surface area contributed by atoms with Crippen molar-refractivity contribution in [1.29, 1.82) is 0 Å². The van der Waals surface area contributed by atoms with Crippen LogP contribution in [0, 0.1) is 0 Å². The first-order chi connectivity index (χ1) is 4.92. The van der Waals surface area contributed by atoms with E-state index >= 15 is 0 Å². The van der Waals surface area contributed by atoms with E-state index in [9.17, 15) is 4.57 Å². The summed E-state index contributed by atoms with van der Waals surface area (Å²) in [5.41, 5.74) is 0. The first-order valence-electron chi connectivity index (χ1n) is 3.73. The smallest absolute Gasteiger partial charge is 0.197 e. The van der Waals surface area contributed by atoms with Gasteiger partial charge in [-0.3, -0.25) is 4.57 Å². The normalized spacial score (nSPS) is 12.5. The van der Waals surface area contributed by atoms with Crippen LogP contribution in [0.3, 0.4) is 0 Å². The standard InChI is InChI=1S/C7H17O3P/c1-7(2)9-5-6-10-11(3,4)8/h7H,5-6H2,1-4H3. The number of hydrogen-bond acceptors (Lipinski definition) is 3. The molecule has 3 nitrogen and oxygen atoms in total. The molecule has 0 aromatic heterocycles. The first kappa shape index (κ1) is 11.2. The van der Waals surface area contributed by atoms with E-state index in [1.807, 2.05) is 13.8 Å². The van der Waals surface area contributed by atoms with Crippen molar-refractivity contribution in [3.05, 3.63) is 0 Å². The summed E-state index contributed by atoms with van der Waals surface area (Å²) in [7, 11) is -2.31. The molecule has 0 radical (unpaired) electrons. The molecule has 0 rings (SSSR count). The fourth-order valence-corrected chi connectivity index (χ4v) is 1.06. The summed E-state index contributed by atoms with van der Waals surface area (Å²) >= 11 is 0. The molecule has 0 saturated carbocycles. The Morgan fingerprint density at radius 1 is 1.27 bits per heavy atom. The molecule has 0 atom stereocenters. The molecule has 11 heavy (non-hydrogen) atoms. The van der Waals surface area contributed by atoms with Crippen molar-refractivity contribution in [3.63, 3.8) is 0 Å². The van der Waals surface area contributed by atoms with Gasteiger partial charge < -0.3 is 9.26 Å². The second-order valence-corrected chi connectivity index (χ2v) is 5.77. The molecule has 0 aromatic carbocycles. The average molecular weight is 180 g/mol. The zero-order valence-corrected chi connectivity index (χ0v) is 8.56. The van der Waals surface area contributed by atoms with Crippen molar-refractivity contribution >= 4 is 7.37 Å². The molecule has 0 aliphatic rings. The van der Waals surface area contributed by atoms with Gasteiger partial charge in [0, 0.05) is 13.3 Å². The van der Waals surface area contributed by atoms with Gasteiger partial charge in [0.1, 0.15) is 0 Å². The van der Waals surface area contributed by atoms with Gasteiger partial charge in [0.25, 0.3) is 0 Å². The van der Waals surface area contributed by atoms with E-state index in [0.29, 0.717) is 13.2 Å². The van der Waals surface area contributed by atoms with Crippen molar-refractivity contribution in [3.8, 4) is 0 Å². The third kappa shape index (κ3) is 10.2. The highest BCUT2D eigenvalue weighted by atomic mass is 31.2. The summed E-state index contributed by atoms with van der Waals surface area (Å²) in [6, 6.07) is 0. The van der Waals surface area contributed by atoms with Crippen molar-refractivity contribution in [2.45, 2.75) is 20.0 Å². The molecular formula is C7H17O3P. The third-order valence-electron chi connectivity index (χ3n) is 0.937. The SMILES string of the molecule is CC(C)OCCOP(C)(C)=O. The zero-order valence-electron chi connectivity index (χ0n) is 7.66. The van der Waals surface area contributed by atoms with Gasteiger partial charge in [-0.2, -0.15) is 0 Å². The van der Waals surface area contributed by atoms with Gasteiger partial charge in [-0.25, -0.2) is 0 Å². The molecule has 0 spiro atoms. The fourth-order valence-electron chi connectivity index (χ4n) is 0.541. The molecule has 0 bridgehead atoms. The maximum Gasteiger partial charge on any atom is 0.197 e. The third-order valence-corrected chi connectivity index (χ3v) is 1.74. The van der Waals surface area contributed by atoms with Crippen molar-refractivity contribution < 1.29 is 13.8 Å². The van der Waals surface area contributed by atoms with Gasteiger partial charge in [-0.1, -0.05) is 0 Å². The maximum absolute atomic E-state index is 11.0. The van der Waals surface area contributed by atoms with Gasteiger partial charge in [0.15, 0.2) is 7.37 Å². The highest BCUT2D eigenvalue weighted by Crippen LogP contribution is 2.36. The van der Waals surface area contributed by atoms with Gasteiger partial charge in [0.2, 0.25) is 0 Å². The van der Waals surface area contributed by atoms with Gasteiger partial charge in [0.05, 0.1) is 19.3 Å². The van der Waals surface area contributed by atoms with Crippen LogP contribution in [0.5, 0.6) is 0 Å². The lowest BCUT2D eigenvalue weighted by atomic mass is 10.5. The van der Waals surface area contributed by atoms with Gasteiger partial charge in [-0.15, -0.1) is 0 Å². The van der Waals surface area contributed by atoms with E-state index in [4.69, 9.17) is 9.26 Å². The van der Waals surface area contributed by atoms with Crippen molar-refractivity contribution in [2.75, 3.05) is 26.5 Å². The Morgan fingerprint density at radius 2 is 1.82 bits per heavy atom. The van der Waals surface area contributed by atoms with Crippen LogP contribution in [0.2, 0.25) is 0 Å². The predicted molar refractivity (Wildman–Crippen MR) is 46.5 cm³/mol. The van der Waals surface area contributed by atoms with E-state index in [0.717, 1.165) is 0 Å². The molecule has 68 valence electrons. The van der Waals surface area contributed by atoms with Crippen LogP contribution in [0.25, 0.3) is 0 Å². The number of rotatable bonds is 5. The Labute approximate surface area is 68.5 Å². The minimum absolute atomic E-state index is 0.215. The van der Waals surface area contributed by atoms with Gasteiger partial charge >= 0.3 is 0 Å². The summed E-state index contributed by atoms with van der Waals surface area (Å²) < 4.78 is 21.2. The molecule has 0 aliphatic heterocycles. The molecule has 4 heteroatoms. The molecule has 0 aliphatic carbocycles. The summed E-state index contributed by atoms with van der Waals surface area (Å²) in [5.74, 6) is 0. The Balaban J connectivity index is 3.22. The largest absolute Gasteiger partial charge is 0.376 e. The molecule has 0 aromatic rings. The van der Waals surface area contributed by atoms with Crippen LogP contribution in [0.1, 0.15) is 13.8 Å². The lowest BCUT2D eigenvalue weighted by Crippen LogP contribution is -2.08. The van der Waals surface area contributed by atoms with E-state index in [1.54, 1.807) is 13.3 Å². The van der Waals surface area contributed by atoms with Crippen LogP contribution in [0.4, 0.5) is 0 Å². The Bertz CT molecular complexity index is 139. The molecular weight excluding hydrogens is 163 g/mol. The van der Waals surface area contributed by atoms with Gasteiger partial charge in [-0.05, 0) is 13.8 Å². The second kappa shape index (κ2) is 4.91. The van der Waals surface area contributed by atoms with Crippen LogP contribution < -0.4 is 0 Å². The molecule has 0 N–H and O–H groups in total. The van der Waals surface area contributed by atoms with Crippen molar-refractivity contribution in [2.24, 2.45) is 0 Å². The van der Waals surface area contributed by atoms with E-state index in [1.165, 1.54) is 0 Å². The topological polar surface area (TPSA) is 35.5 Å². The number of hydrogen-bond donors (Lipinski definition) is 0. The zero-order chi connectivity index (χ0) is 8.91. The van der Waals surface area contributed by atoms with Crippen molar-refractivity contribution in [1.82, 2.24) is 0 Å². The maximum atomic E-state index is 11.0. The minimum atomic E-state index is -2.31. The van der Waals surface area contributed by atoms with Crippen LogP contribution in [-0.2, 0) is 13.8 Å². The monoisotopic (exact) mass is 180 g/mol. The summed E-state index contributed by atoms with van der Waals surface area (Å²) in [5, 5.41) is 0. The number of ether oxygens (including phenoxy) is 1. The van der Waals surface area contributed by atoms with E-state index in [2.05, 4.69) is 0 Å². The van der Waals surface area contributed by atoms with Crippen LogP contribution in [-0.4, -0.2) is 32.6 Å². The molecule has 0 amide bonds. The Hall–Kier alpha value is 0.150. The molecule has 0 saturated heterocycles. The summed E-state index contributed by atoms with van der Waals surface area (Å²) in [6.45, 7) is 8.05. The lowest BCUT2D eigenvalue weighted by Gasteiger charge is -2.10. The fraction of sp³-hybridized carbons (Fsp3) is 1.00. The average Bonchev–Trinajstić information content (AvgIpc) is 1.78. The van der Waals surface area contributed by atoms with Crippen LogP contribution >= 0.6 is 7.37 Å². The minimum Gasteiger partial charge on any atom is -0.376 e. The lowest BCUT2D eigenvalue weighted by molar-refractivity contribution is 0.0562. The van der Waals surface area contributed by atoms with Crippen LogP contribution in [0.15, 0.2) is 0 Å². The van der Waals surface area contributed by atoms with E-state index < -0.39 is 7.37 Å².